The lowest BCUT2D eigenvalue weighted by molar-refractivity contribution is 0.0953. The number of amides is 1. The first kappa shape index (κ1) is 19.4. The summed E-state index contributed by atoms with van der Waals surface area (Å²) in [5.41, 5.74) is 0.845. The van der Waals surface area contributed by atoms with E-state index < -0.39 is 11.6 Å². The van der Waals surface area contributed by atoms with Gasteiger partial charge in [0.2, 0.25) is 0 Å². The summed E-state index contributed by atoms with van der Waals surface area (Å²) in [7, 11) is 1.59. The van der Waals surface area contributed by atoms with E-state index in [0.29, 0.717) is 31.0 Å². The van der Waals surface area contributed by atoms with Crippen LogP contribution in [0.1, 0.15) is 22.3 Å². The quantitative estimate of drug-likeness (QED) is 0.404. The zero-order valence-corrected chi connectivity index (χ0v) is 14.6. The fourth-order valence-corrected chi connectivity index (χ4v) is 2.27. The molecule has 138 valence electrons. The molecule has 3 N–H and O–H groups in total. The number of hydrogen-bond donors (Lipinski definition) is 3. The Morgan fingerprint density at radius 1 is 1.00 bits per heavy atom. The highest BCUT2D eigenvalue weighted by Crippen LogP contribution is 2.09. The van der Waals surface area contributed by atoms with Crippen molar-refractivity contribution in [1.29, 1.82) is 0 Å². The number of benzene rings is 2. The molecule has 0 fully saturated rings. The third kappa shape index (κ3) is 6.16. The van der Waals surface area contributed by atoms with E-state index in [1.54, 1.807) is 19.2 Å². The summed E-state index contributed by atoms with van der Waals surface area (Å²) in [6.45, 7) is 1.20. The maximum Gasteiger partial charge on any atom is 0.251 e. The molecule has 0 saturated carbocycles. The van der Waals surface area contributed by atoms with Crippen molar-refractivity contribution in [1.82, 2.24) is 16.0 Å². The molecular weight excluding hydrogens is 338 g/mol. The second-order valence-electron chi connectivity index (χ2n) is 5.56. The highest BCUT2D eigenvalue weighted by Gasteiger charge is 2.06. The van der Waals surface area contributed by atoms with E-state index in [1.807, 2.05) is 18.2 Å². The van der Waals surface area contributed by atoms with E-state index in [0.717, 1.165) is 18.2 Å². The van der Waals surface area contributed by atoms with Crippen LogP contribution >= 0.6 is 0 Å². The van der Waals surface area contributed by atoms with Crippen LogP contribution in [0.2, 0.25) is 0 Å². The fraction of sp³-hybridized carbons (Fsp3) is 0.263. The molecule has 0 aliphatic heterocycles. The number of nitrogens with one attached hydrogen (secondary N) is 3. The third-order valence-electron chi connectivity index (χ3n) is 3.65. The van der Waals surface area contributed by atoms with Crippen LogP contribution in [0.15, 0.2) is 53.5 Å². The van der Waals surface area contributed by atoms with Gasteiger partial charge in [-0.25, -0.2) is 8.78 Å². The van der Waals surface area contributed by atoms with E-state index in [1.165, 1.54) is 0 Å². The molecule has 2 aromatic carbocycles. The molecule has 0 saturated heterocycles. The van der Waals surface area contributed by atoms with Gasteiger partial charge in [0, 0.05) is 37.8 Å². The molecule has 0 aliphatic rings. The van der Waals surface area contributed by atoms with Crippen LogP contribution in [0.5, 0.6) is 0 Å². The van der Waals surface area contributed by atoms with Gasteiger partial charge in [-0.1, -0.05) is 18.2 Å². The van der Waals surface area contributed by atoms with E-state index in [4.69, 9.17) is 0 Å². The Morgan fingerprint density at radius 3 is 2.46 bits per heavy atom. The normalized spacial score (nSPS) is 11.1. The van der Waals surface area contributed by atoms with E-state index in [9.17, 15) is 13.6 Å². The zero-order valence-electron chi connectivity index (χ0n) is 14.6. The summed E-state index contributed by atoms with van der Waals surface area (Å²) in [6, 6.07) is 12.3. The van der Waals surface area contributed by atoms with Gasteiger partial charge in [0.25, 0.3) is 5.91 Å². The number of rotatable bonds is 7. The van der Waals surface area contributed by atoms with Crippen LogP contribution in [-0.4, -0.2) is 32.0 Å². The van der Waals surface area contributed by atoms with Crippen LogP contribution in [0.4, 0.5) is 8.78 Å². The Balaban J connectivity index is 1.67. The van der Waals surface area contributed by atoms with Crippen molar-refractivity contribution in [3.63, 3.8) is 0 Å². The van der Waals surface area contributed by atoms with Gasteiger partial charge in [-0.2, -0.15) is 0 Å². The number of carbonyl (C=O) groups excluding carboxylic acids is 1. The van der Waals surface area contributed by atoms with Gasteiger partial charge in [-0.3, -0.25) is 9.79 Å². The predicted molar refractivity (Wildman–Crippen MR) is 98.0 cm³/mol. The topological polar surface area (TPSA) is 65.5 Å². The second kappa shape index (κ2) is 10.1. The third-order valence-corrected chi connectivity index (χ3v) is 3.65. The number of hydrogen-bond acceptors (Lipinski definition) is 2. The van der Waals surface area contributed by atoms with Crippen molar-refractivity contribution in [2.45, 2.75) is 13.0 Å². The van der Waals surface area contributed by atoms with Gasteiger partial charge in [0.1, 0.15) is 11.6 Å². The minimum Gasteiger partial charge on any atom is -0.356 e. The second-order valence-corrected chi connectivity index (χ2v) is 5.56. The van der Waals surface area contributed by atoms with Crippen molar-refractivity contribution in [2.75, 3.05) is 20.1 Å². The number of halogens is 2. The summed E-state index contributed by atoms with van der Waals surface area (Å²) in [6.07, 6.45) is 0.688. The molecule has 2 rings (SSSR count). The summed E-state index contributed by atoms with van der Waals surface area (Å²) in [5, 5.41) is 8.81. The standard InChI is InChI=1S/C19H22F2N4O/c1-22-19(25-13-15-12-16(20)8-9-17(15)21)24-11-5-10-23-18(26)14-6-3-2-4-7-14/h2-4,6-9,12H,5,10-11,13H2,1H3,(H,23,26)(H2,22,24,25). The molecule has 5 nitrogen and oxygen atoms in total. The Morgan fingerprint density at radius 2 is 1.73 bits per heavy atom. The summed E-state index contributed by atoms with van der Waals surface area (Å²) in [5.74, 6) is -0.601. The Labute approximate surface area is 151 Å². The highest BCUT2D eigenvalue weighted by molar-refractivity contribution is 5.94. The minimum absolute atomic E-state index is 0.116. The first-order valence-corrected chi connectivity index (χ1v) is 8.32. The Hall–Kier alpha value is -2.96. The minimum atomic E-state index is -0.486. The maximum absolute atomic E-state index is 13.6. The van der Waals surface area contributed by atoms with Crippen molar-refractivity contribution in [3.05, 3.63) is 71.3 Å². The molecule has 0 atom stereocenters. The number of nitrogens with zero attached hydrogens (tertiary/aromatic N) is 1. The first-order valence-electron chi connectivity index (χ1n) is 8.32. The smallest absolute Gasteiger partial charge is 0.251 e. The molecule has 0 spiro atoms. The lowest BCUT2D eigenvalue weighted by Gasteiger charge is -2.12. The molecule has 7 heteroatoms. The van der Waals surface area contributed by atoms with Crippen molar-refractivity contribution in [3.8, 4) is 0 Å². The molecule has 0 heterocycles. The Kier molecular flexibility index (Phi) is 7.54. The van der Waals surface area contributed by atoms with Gasteiger partial charge in [0.15, 0.2) is 5.96 Å². The molecule has 2 aromatic rings. The highest BCUT2D eigenvalue weighted by atomic mass is 19.1. The first-order chi connectivity index (χ1) is 12.6. The molecule has 0 aromatic heterocycles. The van der Waals surface area contributed by atoms with E-state index in [2.05, 4.69) is 20.9 Å². The molecule has 26 heavy (non-hydrogen) atoms. The molecule has 0 aliphatic carbocycles. The van der Waals surface area contributed by atoms with E-state index >= 15 is 0 Å². The zero-order chi connectivity index (χ0) is 18.8. The van der Waals surface area contributed by atoms with Crippen molar-refractivity contribution >= 4 is 11.9 Å². The van der Waals surface area contributed by atoms with Crippen molar-refractivity contribution in [2.24, 2.45) is 4.99 Å². The number of carbonyl (C=O) groups is 1. The molecule has 0 bridgehead atoms. The van der Waals surface area contributed by atoms with E-state index in [-0.39, 0.29) is 18.0 Å². The van der Waals surface area contributed by atoms with Crippen LogP contribution in [-0.2, 0) is 6.54 Å². The van der Waals surface area contributed by atoms with Gasteiger partial charge in [-0.15, -0.1) is 0 Å². The lowest BCUT2D eigenvalue weighted by Crippen LogP contribution is -2.38. The summed E-state index contributed by atoms with van der Waals surface area (Å²) in [4.78, 5) is 15.9. The predicted octanol–water partition coefficient (Wildman–Crippen LogP) is 2.45. The maximum atomic E-state index is 13.6. The van der Waals surface area contributed by atoms with Gasteiger partial charge < -0.3 is 16.0 Å². The van der Waals surface area contributed by atoms with Gasteiger partial charge in [0.05, 0.1) is 0 Å². The van der Waals surface area contributed by atoms with Crippen molar-refractivity contribution < 1.29 is 13.6 Å². The fourth-order valence-electron chi connectivity index (χ4n) is 2.27. The Bertz CT molecular complexity index is 750. The van der Waals surface area contributed by atoms with Gasteiger partial charge in [-0.05, 0) is 36.8 Å². The van der Waals surface area contributed by atoms with Crippen LogP contribution in [0, 0.1) is 11.6 Å². The molecule has 0 unspecified atom stereocenters. The molecule has 1 amide bonds. The van der Waals surface area contributed by atoms with Crippen LogP contribution in [0.25, 0.3) is 0 Å². The van der Waals surface area contributed by atoms with Gasteiger partial charge >= 0.3 is 0 Å². The SMILES string of the molecule is CN=C(NCCCNC(=O)c1ccccc1)NCc1cc(F)ccc1F. The summed E-state index contributed by atoms with van der Waals surface area (Å²) < 4.78 is 26.7. The monoisotopic (exact) mass is 360 g/mol. The largest absolute Gasteiger partial charge is 0.356 e. The van der Waals surface area contributed by atoms with Crippen LogP contribution in [0.3, 0.4) is 0 Å². The average Bonchev–Trinajstić information content (AvgIpc) is 2.67. The molecular formula is C19H22F2N4O. The lowest BCUT2D eigenvalue weighted by atomic mass is 10.2. The average molecular weight is 360 g/mol. The number of aliphatic imine (C=N–C) groups is 1. The molecule has 0 radical (unpaired) electrons. The summed E-state index contributed by atoms with van der Waals surface area (Å²) >= 11 is 0. The van der Waals surface area contributed by atoms with Crippen LogP contribution < -0.4 is 16.0 Å². The number of guanidine groups is 1.